The van der Waals surface area contributed by atoms with Gasteiger partial charge in [0, 0.05) is 30.0 Å². The lowest BCUT2D eigenvalue weighted by atomic mass is 10.1. The lowest BCUT2D eigenvalue weighted by Crippen LogP contribution is -2.10. The van der Waals surface area contributed by atoms with Crippen molar-refractivity contribution in [2.24, 2.45) is 0 Å². The van der Waals surface area contributed by atoms with E-state index in [1.165, 1.54) is 5.56 Å². The second-order valence-electron chi connectivity index (χ2n) is 4.97. The molecular formula is C17H17N3. The maximum absolute atomic E-state index is 6.03. The molecule has 0 unspecified atom stereocenters. The molecular weight excluding hydrogens is 246 g/mol. The molecule has 100 valence electrons. The van der Waals surface area contributed by atoms with Crippen molar-refractivity contribution < 1.29 is 0 Å². The zero-order valence-corrected chi connectivity index (χ0v) is 11.7. The molecule has 2 aromatic carbocycles. The third kappa shape index (κ3) is 2.07. The molecule has 3 heteroatoms. The van der Waals surface area contributed by atoms with Gasteiger partial charge >= 0.3 is 0 Å². The Labute approximate surface area is 118 Å². The third-order valence-corrected chi connectivity index (χ3v) is 3.53. The van der Waals surface area contributed by atoms with Crippen LogP contribution in [0.15, 0.2) is 54.7 Å². The van der Waals surface area contributed by atoms with E-state index in [0.29, 0.717) is 0 Å². The summed E-state index contributed by atoms with van der Waals surface area (Å²) >= 11 is 0. The van der Waals surface area contributed by atoms with Crippen LogP contribution in [0.4, 0.5) is 17.1 Å². The number of anilines is 3. The van der Waals surface area contributed by atoms with Gasteiger partial charge in [-0.1, -0.05) is 12.1 Å². The first-order valence-corrected chi connectivity index (χ1v) is 6.60. The van der Waals surface area contributed by atoms with Gasteiger partial charge in [-0.3, -0.25) is 4.98 Å². The fourth-order valence-corrected chi connectivity index (χ4v) is 2.43. The van der Waals surface area contributed by atoms with Crippen LogP contribution < -0.4 is 10.6 Å². The maximum atomic E-state index is 6.03. The molecule has 0 atom stereocenters. The number of fused-ring (bicyclic) bond motifs is 1. The highest BCUT2D eigenvalue weighted by molar-refractivity contribution is 5.99. The molecule has 0 spiro atoms. The van der Waals surface area contributed by atoms with Gasteiger partial charge in [0.1, 0.15) is 0 Å². The lowest BCUT2D eigenvalue weighted by molar-refractivity contribution is 1.20. The van der Waals surface area contributed by atoms with Gasteiger partial charge in [-0.2, -0.15) is 0 Å². The number of nitrogen functional groups attached to an aromatic ring is 1. The maximum Gasteiger partial charge on any atom is 0.0959 e. The van der Waals surface area contributed by atoms with Gasteiger partial charge in [0.2, 0.25) is 0 Å². The Kier molecular flexibility index (Phi) is 3.03. The van der Waals surface area contributed by atoms with Crippen molar-refractivity contribution >= 4 is 28.0 Å². The Bertz CT molecular complexity index is 765. The van der Waals surface area contributed by atoms with Crippen molar-refractivity contribution in [3.05, 3.63) is 60.3 Å². The van der Waals surface area contributed by atoms with Crippen LogP contribution in [0.2, 0.25) is 0 Å². The summed E-state index contributed by atoms with van der Waals surface area (Å²) in [4.78, 5) is 6.63. The van der Waals surface area contributed by atoms with Crippen molar-refractivity contribution in [1.82, 2.24) is 4.98 Å². The Morgan fingerprint density at radius 3 is 2.70 bits per heavy atom. The largest absolute Gasteiger partial charge is 0.398 e. The van der Waals surface area contributed by atoms with E-state index in [0.717, 1.165) is 28.0 Å². The van der Waals surface area contributed by atoms with Crippen LogP contribution in [0, 0.1) is 6.92 Å². The first-order valence-electron chi connectivity index (χ1n) is 6.60. The fraction of sp³-hybridized carbons (Fsp3) is 0.118. The van der Waals surface area contributed by atoms with Gasteiger partial charge in [-0.05, 0) is 48.9 Å². The minimum atomic E-state index is 0.759. The minimum absolute atomic E-state index is 0.759. The Morgan fingerprint density at radius 2 is 1.90 bits per heavy atom. The van der Waals surface area contributed by atoms with Crippen LogP contribution >= 0.6 is 0 Å². The predicted molar refractivity (Wildman–Crippen MR) is 85.4 cm³/mol. The average Bonchev–Trinajstić information content (AvgIpc) is 2.47. The molecule has 0 aliphatic heterocycles. The molecule has 1 aromatic heterocycles. The number of rotatable bonds is 2. The SMILES string of the molecule is Cc1cccc(N(C)c2ccc(N)c3cccnc23)c1. The summed E-state index contributed by atoms with van der Waals surface area (Å²) < 4.78 is 0. The topological polar surface area (TPSA) is 42.1 Å². The smallest absolute Gasteiger partial charge is 0.0959 e. The molecule has 0 saturated heterocycles. The molecule has 1 heterocycles. The lowest BCUT2D eigenvalue weighted by Gasteiger charge is -2.21. The van der Waals surface area contributed by atoms with Crippen molar-refractivity contribution in [3.8, 4) is 0 Å². The van der Waals surface area contributed by atoms with Crippen LogP contribution in [0.1, 0.15) is 5.56 Å². The van der Waals surface area contributed by atoms with Crippen LogP contribution in [0.25, 0.3) is 10.9 Å². The van der Waals surface area contributed by atoms with Gasteiger partial charge in [0.15, 0.2) is 0 Å². The number of hydrogen-bond donors (Lipinski definition) is 1. The summed E-state index contributed by atoms with van der Waals surface area (Å²) in [7, 11) is 2.05. The first kappa shape index (κ1) is 12.5. The molecule has 3 aromatic rings. The van der Waals surface area contributed by atoms with Crippen LogP contribution in [0.3, 0.4) is 0 Å². The number of aromatic nitrogens is 1. The Balaban J connectivity index is 2.17. The summed E-state index contributed by atoms with van der Waals surface area (Å²) in [6.07, 6.45) is 1.80. The van der Waals surface area contributed by atoms with Gasteiger partial charge in [0.05, 0.1) is 11.2 Å². The number of benzene rings is 2. The van der Waals surface area contributed by atoms with Gasteiger partial charge < -0.3 is 10.6 Å². The van der Waals surface area contributed by atoms with Crippen LogP contribution in [-0.2, 0) is 0 Å². The highest BCUT2D eigenvalue weighted by atomic mass is 15.1. The molecule has 0 fully saturated rings. The molecule has 0 radical (unpaired) electrons. The Morgan fingerprint density at radius 1 is 1.05 bits per heavy atom. The highest BCUT2D eigenvalue weighted by Gasteiger charge is 2.10. The van der Waals surface area contributed by atoms with E-state index >= 15 is 0 Å². The molecule has 0 bridgehead atoms. The van der Waals surface area contributed by atoms with E-state index in [1.807, 2.05) is 24.3 Å². The molecule has 0 aliphatic rings. The Hall–Kier alpha value is -2.55. The summed E-state index contributed by atoms with van der Waals surface area (Å²) in [6, 6.07) is 16.3. The summed E-state index contributed by atoms with van der Waals surface area (Å²) in [5.74, 6) is 0. The summed E-state index contributed by atoms with van der Waals surface area (Å²) in [6.45, 7) is 2.09. The quantitative estimate of drug-likeness (QED) is 0.713. The first-order chi connectivity index (χ1) is 9.66. The van der Waals surface area contributed by atoms with Crippen molar-refractivity contribution in [1.29, 1.82) is 0 Å². The summed E-state index contributed by atoms with van der Waals surface area (Å²) in [5.41, 5.74) is 11.2. The van der Waals surface area contributed by atoms with Gasteiger partial charge in [-0.15, -0.1) is 0 Å². The zero-order chi connectivity index (χ0) is 14.1. The van der Waals surface area contributed by atoms with E-state index < -0.39 is 0 Å². The third-order valence-electron chi connectivity index (χ3n) is 3.53. The van der Waals surface area contributed by atoms with Gasteiger partial charge in [-0.25, -0.2) is 0 Å². The second-order valence-corrected chi connectivity index (χ2v) is 4.97. The van der Waals surface area contributed by atoms with E-state index in [-0.39, 0.29) is 0 Å². The fourth-order valence-electron chi connectivity index (χ4n) is 2.43. The molecule has 0 aliphatic carbocycles. The second kappa shape index (κ2) is 4.85. The number of nitrogens with zero attached hydrogens (tertiary/aromatic N) is 2. The van der Waals surface area contributed by atoms with E-state index in [1.54, 1.807) is 6.20 Å². The molecule has 3 rings (SSSR count). The van der Waals surface area contributed by atoms with E-state index in [4.69, 9.17) is 5.73 Å². The number of hydrogen-bond acceptors (Lipinski definition) is 3. The van der Waals surface area contributed by atoms with Crippen molar-refractivity contribution in [2.45, 2.75) is 6.92 Å². The van der Waals surface area contributed by atoms with Crippen LogP contribution in [0.5, 0.6) is 0 Å². The van der Waals surface area contributed by atoms with Crippen molar-refractivity contribution in [2.75, 3.05) is 17.7 Å². The highest BCUT2D eigenvalue weighted by Crippen LogP contribution is 2.32. The number of pyridine rings is 1. The van der Waals surface area contributed by atoms with E-state index in [9.17, 15) is 0 Å². The molecule has 2 N–H and O–H groups in total. The molecule has 0 amide bonds. The predicted octanol–water partition coefficient (Wildman–Crippen LogP) is 3.89. The monoisotopic (exact) mass is 263 g/mol. The normalized spacial score (nSPS) is 10.7. The number of aryl methyl sites for hydroxylation is 1. The number of nitrogens with two attached hydrogens (primary N) is 1. The van der Waals surface area contributed by atoms with Gasteiger partial charge in [0.25, 0.3) is 0 Å². The van der Waals surface area contributed by atoms with E-state index in [2.05, 4.69) is 48.1 Å². The standard InChI is InChI=1S/C17H17N3/c1-12-5-3-6-13(11-12)20(2)16-9-8-15(18)14-7-4-10-19-17(14)16/h3-11H,18H2,1-2H3. The zero-order valence-electron chi connectivity index (χ0n) is 11.7. The van der Waals surface area contributed by atoms with Crippen molar-refractivity contribution in [3.63, 3.8) is 0 Å². The molecule has 3 nitrogen and oxygen atoms in total. The van der Waals surface area contributed by atoms with Crippen LogP contribution in [-0.4, -0.2) is 12.0 Å². The average molecular weight is 263 g/mol. The molecule has 20 heavy (non-hydrogen) atoms. The molecule has 0 saturated carbocycles. The minimum Gasteiger partial charge on any atom is -0.398 e. The summed E-state index contributed by atoms with van der Waals surface area (Å²) in [5, 5.41) is 0.990.